The van der Waals surface area contributed by atoms with E-state index in [1.807, 2.05) is 29.2 Å². The Morgan fingerprint density at radius 1 is 1.19 bits per heavy atom. The number of morpholine rings is 1. The van der Waals surface area contributed by atoms with Crippen LogP contribution in [0.3, 0.4) is 0 Å². The average Bonchev–Trinajstić information content (AvgIpc) is 3.25. The van der Waals surface area contributed by atoms with Crippen molar-refractivity contribution in [2.45, 2.75) is 32.4 Å². The molecule has 2 unspecified atom stereocenters. The highest BCUT2D eigenvalue weighted by Crippen LogP contribution is 2.24. The number of ether oxygens (including phenoxy) is 1. The molecule has 1 aromatic heterocycles. The molecule has 1 aromatic carbocycles. The van der Waals surface area contributed by atoms with Crippen LogP contribution in [-0.4, -0.2) is 77.8 Å². The molecule has 0 saturated carbocycles. The molecule has 0 spiro atoms. The summed E-state index contributed by atoms with van der Waals surface area (Å²) in [6.07, 6.45) is 0.499. The lowest BCUT2D eigenvalue weighted by Crippen LogP contribution is -2.51. The molecule has 2 atom stereocenters. The van der Waals surface area contributed by atoms with Gasteiger partial charge < -0.3 is 19.5 Å². The third-order valence-electron chi connectivity index (χ3n) is 5.74. The van der Waals surface area contributed by atoms with E-state index in [1.54, 1.807) is 0 Å². The van der Waals surface area contributed by atoms with Crippen LogP contribution in [-0.2, 0) is 9.53 Å². The fourth-order valence-corrected chi connectivity index (χ4v) is 3.83. The van der Waals surface area contributed by atoms with Gasteiger partial charge in [0.05, 0.1) is 19.3 Å². The molecule has 2 aliphatic heterocycles. The van der Waals surface area contributed by atoms with Crippen molar-refractivity contribution < 1.29 is 14.1 Å². The molecule has 4 rings (SSSR count). The summed E-state index contributed by atoms with van der Waals surface area (Å²) in [7, 11) is 0. The minimum Gasteiger partial charge on any atom is -0.378 e. The van der Waals surface area contributed by atoms with Crippen LogP contribution in [0.4, 0.5) is 0 Å². The molecule has 31 heavy (non-hydrogen) atoms. The van der Waals surface area contributed by atoms with Crippen molar-refractivity contribution in [3.05, 3.63) is 35.7 Å². The first-order chi connectivity index (χ1) is 14.1. The van der Waals surface area contributed by atoms with Crippen LogP contribution in [0, 0.1) is 6.92 Å². The average molecular weight is 472 g/mol. The number of rotatable bonds is 5. The van der Waals surface area contributed by atoms with Gasteiger partial charge in [-0.05, 0) is 13.8 Å². The summed E-state index contributed by atoms with van der Waals surface area (Å²) >= 11 is 0. The van der Waals surface area contributed by atoms with Gasteiger partial charge in [0, 0.05) is 50.7 Å². The molecular formula is C21H31Cl2N5O3. The third kappa shape index (κ3) is 6.40. The molecule has 1 N–H and O–H groups in total. The van der Waals surface area contributed by atoms with Crippen LogP contribution < -0.4 is 5.32 Å². The number of amides is 1. The van der Waals surface area contributed by atoms with Gasteiger partial charge in [0.2, 0.25) is 17.6 Å². The number of aromatic nitrogens is 2. The summed E-state index contributed by atoms with van der Waals surface area (Å²) in [6.45, 7) is 9.31. The van der Waals surface area contributed by atoms with E-state index in [4.69, 9.17) is 9.26 Å². The molecule has 2 fully saturated rings. The lowest BCUT2D eigenvalue weighted by Gasteiger charge is -2.37. The summed E-state index contributed by atoms with van der Waals surface area (Å²) in [5.74, 6) is 1.42. The Kier molecular flexibility index (Phi) is 9.71. The number of halogens is 2. The Balaban J connectivity index is 0.00000171. The van der Waals surface area contributed by atoms with E-state index in [0.717, 1.165) is 44.9 Å². The largest absolute Gasteiger partial charge is 0.378 e. The van der Waals surface area contributed by atoms with E-state index in [0.29, 0.717) is 24.7 Å². The molecule has 2 saturated heterocycles. The Bertz CT molecular complexity index is 819. The van der Waals surface area contributed by atoms with Gasteiger partial charge in [-0.15, -0.1) is 24.8 Å². The number of aryl methyl sites for hydroxylation is 1. The quantitative estimate of drug-likeness (QED) is 0.716. The van der Waals surface area contributed by atoms with Crippen molar-refractivity contribution in [2.75, 3.05) is 45.9 Å². The Hall–Kier alpha value is -1.71. The van der Waals surface area contributed by atoms with Crippen molar-refractivity contribution >= 4 is 30.7 Å². The Labute approximate surface area is 195 Å². The minimum atomic E-state index is 0. The summed E-state index contributed by atoms with van der Waals surface area (Å²) in [6, 6.07) is 8.25. The van der Waals surface area contributed by atoms with E-state index in [-0.39, 0.29) is 42.8 Å². The first kappa shape index (κ1) is 25.5. The summed E-state index contributed by atoms with van der Waals surface area (Å²) in [5, 5.41) is 7.49. The first-order valence-corrected chi connectivity index (χ1v) is 10.3. The summed E-state index contributed by atoms with van der Waals surface area (Å²) < 4.78 is 11.0. The molecular weight excluding hydrogens is 441 g/mol. The standard InChI is InChI=1S/C21H29N5O3.2ClH/c1-15-3-5-17(6-4-15)20-23-21(29-24-20)16(2)25-8-10-26(11-9-25)19(27)13-18-14-28-12-7-22-18;;/h3-6,16,18,22H,7-14H2,1-2H3;2*1H. The molecule has 1 amide bonds. The highest BCUT2D eigenvalue weighted by Gasteiger charge is 2.29. The van der Waals surface area contributed by atoms with Crippen LogP contribution in [0.25, 0.3) is 11.4 Å². The van der Waals surface area contributed by atoms with Gasteiger partial charge in [0.25, 0.3) is 0 Å². The maximum absolute atomic E-state index is 12.6. The van der Waals surface area contributed by atoms with Crippen molar-refractivity contribution in [1.29, 1.82) is 0 Å². The number of carbonyl (C=O) groups excluding carboxylic acids is 1. The van der Waals surface area contributed by atoms with E-state index < -0.39 is 0 Å². The molecule has 2 aromatic rings. The van der Waals surface area contributed by atoms with Gasteiger partial charge in [-0.3, -0.25) is 9.69 Å². The maximum atomic E-state index is 12.6. The highest BCUT2D eigenvalue weighted by atomic mass is 35.5. The molecule has 3 heterocycles. The highest BCUT2D eigenvalue weighted by molar-refractivity contribution is 5.85. The van der Waals surface area contributed by atoms with Crippen LogP contribution in [0.5, 0.6) is 0 Å². The van der Waals surface area contributed by atoms with Gasteiger partial charge >= 0.3 is 0 Å². The second-order valence-corrected chi connectivity index (χ2v) is 7.85. The summed E-state index contributed by atoms with van der Waals surface area (Å²) in [4.78, 5) is 21.4. The number of piperazine rings is 1. The van der Waals surface area contributed by atoms with Gasteiger partial charge in [0.1, 0.15) is 0 Å². The topological polar surface area (TPSA) is 83.7 Å². The van der Waals surface area contributed by atoms with Crippen molar-refractivity contribution in [3.63, 3.8) is 0 Å². The minimum absolute atomic E-state index is 0. The number of nitrogens with one attached hydrogen (secondary N) is 1. The van der Waals surface area contributed by atoms with Crippen LogP contribution in [0.1, 0.15) is 30.8 Å². The maximum Gasteiger partial charge on any atom is 0.244 e. The third-order valence-corrected chi connectivity index (χ3v) is 5.74. The zero-order valence-corrected chi connectivity index (χ0v) is 19.6. The number of hydrogen-bond donors (Lipinski definition) is 1. The molecule has 8 nitrogen and oxygen atoms in total. The predicted molar refractivity (Wildman–Crippen MR) is 123 cm³/mol. The molecule has 0 radical (unpaired) electrons. The van der Waals surface area contributed by atoms with E-state index in [9.17, 15) is 4.79 Å². The smallest absolute Gasteiger partial charge is 0.244 e. The lowest BCUT2D eigenvalue weighted by molar-refractivity contribution is -0.134. The second kappa shape index (κ2) is 11.8. The fourth-order valence-electron chi connectivity index (χ4n) is 3.83. The van der Waals surface area contributed by atoms with E-state index >= 15 is 0 Å². The van der Waals surface area contributed by atoms with Gasteiger partial charge in [-0.2, -0.15) is 4.98 Å². The molecule has 2 aliphatic rings. The van der Waals surface area contributed by atoms with Gasteiger partial charge in [-0.25, -0.2) is 0 Å². The number of benzene rings is 1. The van der Waals surface area contributed by atoms with E-state index in [1.165, 1.54) is 5.56 Å². The SMILES string of the molecule is Cc1ccc(-c2noc(C(C)N3CCN(C(=O)CC4COCCN4)CC3)n2)cc1.Cl.Cl. The zero-order chi connectivity index (χ0) is 20.2. The first-order valence-electron chi connectivity index (χ1n) is 10.3. The van der Waals surface area contributed by atoms with Gasteiger partial charge in [-0.1, -0.05) is 35.0 Å². The molecule has 172 valence electrons. The molecule has 0 bridgehead atoms. The lowest BCUT2D eigenvalue weighted by atomic mass is 10.1. The van der Waals surface area contributed by atoms with Crippen LogP contribution >= 0.6 is 24.8 Å². The normalized spacial score (nSPS) is 20.5. The van der Waals surface area contributed by atoms with E-state index in [2.05, 4.69) is 34.2 Å². The fraction of sp³-hybridized carbons (Fsp3) is 0.571. The molecule has 10 heteroatoms. The molecule has 0 aliphatic carbocycles. The number of hydrogen-bond acceptors (Lipinski definition) is 7. The zero-order valence-electron chi connectivity index (χ0n) is 18.0. The van der Waals surface area contributed by atoms with Crippen molar-refractivity contribution in [3.8, 4) is 11.4 Å². The second-order valence-electron chi connectivity index (χ2n) is 7.85. The predicted octanol–water partition coefficient (Wildman–Crippen LogP) is 2.47. The van der Waals surface area contributed by atoms with Crippen molar-refractivity contribution in [1.82, 2.24) is 25.3 Å². The number of nitrogens with zero attached hydrogens (tertiary/aromatic N) is 4. The van der Waals surface area contributed by atoms with Gasteiger partial charge in [0.15, 0.2) is 0 Å². The number of carbonyl (C=O) groups is 1. The monoisotopic (exact) mass is 471 g/mol. The van der Waals surface area contributed by atoms with Crippen LogP contribution in [0.15, 0.2) is 28.8 Å². The Morgan fingerprint density at radius 3 is 2.55 bits per heavy atom. The summed E-state index contributed by atoms with van der Waals surface area (Å²) in [5.41, 5.74) is 2.15. The van der Waals surface area contributed by atoms with Crippen LogP contribution in [0.2, 0.25) is 0 Å². The Morgan fingerprint density at radius 2 is 1.90 bits per heavy atom. The van der Waals surface area contributed by atoms with Crippen molar-refractivity contribution in [2.24, 2.45) is 0 Å².